The normalized spacial score (nSPS) is 11.5. The van der Waals surface area contributed by atoms with Crippen molar-refractivity contribution in [3.05, 3.63) is 29.6 Å². The van der Waals surface area contributed by atoms with Crippen LogP contribution < -0.4 is 10.1 Å². The predicted octanol–water partition coefficient (Wildman–Crippen LogP) is 1.75. The number of hydrogen-bond acceptors (Lipinski definition) is 4. The predicted molar refractivity (Wildman–Crippen MR) is 73.6 cm³/mol. The maximum Gasteiger partial charge on any atom is 0.165 e. The highest BCUT2D eigenvalue weighted by molar-refractivity contribution is 7.91. The van der Waals surface area contributed by atoms with Gasteiger partial charge in [0, 0.05) is 12.3 Å². The first-order valence-electron chi connectivity index (χ1n) is 6.24. The van der Waals surface area contributed by atoms with Crippen LogP contribution in [0.3, 0.4) is 0 Å². The molecule has 19 heavy (non-hydrogen) atoms. The first kappa shape index (κ1) is 15.9. The third-order valence-corrected chi connectivity index (χ3v) is 4.46. The Kier molecular flexibility index (Phi) is 6.24. The molecule has 6 heteroatoms. The summed E-state index contributed by atoms with van der Waals surface area (Å²) in [6.07, 6.45) is 0.369. The molecule has 0 saturated carbocycles. The Hall–Kier alpha value is -1.14. The molecular formula is C13H20FNO3S. The van der Waals surface area contributed by atoms with Crippen LogP contribution in [0, 0.1) is 5.82 Å². The molecule has 1 rings (SSSR count). The summed E-state index contributed by atoms with van der Waals surface area (Å²) in [6.45, 7) is 2.39. The van der Waals surface area contributed by atoms with E-state index in [0.717, 1.165) is 5.56 Å². The van der Waals surface area contributed by atoms with Crippen LogP contribution in [-0.4, -0.2) is 33.6 Å². The van der Waals surface area contributed by atoms with Crippen molar-refractivity contribution in [2.24, 2.45) is 0 Å². The molecule has 1 aromatic rings. The van der Waals surface area contributed by atoms with Crippen molar-refractivity contribution in [3.63, 3.8) is 0 Å². The van der Waals surface area contributed by atoms with Crippen LogP contribution in [0.15, 0.2) is 18.2 Å². The summed E-state index contributed by atoms with van der Waals surface area (Å²) in [5.74, 6) is -0.0666. The van der Waals surface area contributed by atoms with Gasteiger partial charge in [0.1, 0.15) is 9.84 Å². The second kappa shape index (κ2) is 7.45. The maximum absolute atomic E-state index is 13.6. The highest BCUT2D eigenvalue weighted by Gasteiger charge is 2.08. The number of nitrogens with one attached hydrogen (secondary N) is 1. The zero-order chi connectivity index (χ0) is 14.3. The third kappa shape index (κ3) is 5.57. The Morgan fingerprint density at radius 1 is 1.37 bits per heavy atom. The summed E-state index contributed by atoms with van der Waals surface area (Å²) in [6, 6.07) is 4.75. The van der Waals surface area contributed by atoms with E-state index in [4.69, 9.17) is 4.74 Å². The molecule has 0 aliphatic carbocycles. The van der Waals surface area contributed by atoms with Crippen molar-refractivity contribution >= 4 is 9.84 Å². The lowest BCUT2D eigenvalue weighted by molar-refractivity contribution is 0.301. The fourth-order valence-electron chi connectivity index (χ4n) is 1.58. The molecule has 1 N–H and O–H groups in total. The molecule has 0 heterocycles. The zero-order valence-corrected chi connectivity index (χ0v) is 12.1. The van der Waals surface area contributed by atoms with Crippen molar-refractivity contribution in [1.29, 1.82) is 0 Å². The Bertz CT molecular complexity index is 503. The van der Waals surface area contributed by atoms with Crippen LogP contribution in [0.5, 0.6) is 5.75 Å². The van der Waals surface area contributed by atoms with E-state index in [1.165, 1.54) is 6.07 Å². The minimum atomic E-state index is -2.98. The molecule has 0 amide bonds. The summed E-state index contributed by atoms with van der Waals surface area (Å²) in [5.41, 5.74) is 0.834. The van der Waals surface area contributed by atoms with E-state index in [1.807, 2.05) is 0 Å². The molecule has 0 aromatic heterocycles. The second-order valence-corrected chi connectivity index (χ2v) is 6.71. The number of halogens is 1. The van der Waals surface area contributed by atoms with Crippen LogP contribution in [0.25, 0.3) is 0 Å². The van der Waals surface area contributed by atoms with Crippen molar-refractivity contribution in [1.82, 2.24) is 5.32 Å². The zero-order valence-electron chi connectivity index (χ0n) is 11.3. The van der Waals surface area contributed by atoms with E-state index < -0.39 is 15.7 Å². The van der Waals surface area contributed by atoms with Gasteiger partial charge < -0.3 is 10.1 Å². The van der Waals surface area contributed by atoms with E-state index in [1.54, 1.807) is 26.1 Å². The fraction of sp³-hybridized carbons (Fsp3) is 0.538. The largest absolute Gasteiger partial charge is 0.490 e. The van der Waals surface area contributed by atoms with Gasteiger partial charge in [0.05, 0.1) is 12.4 Å². The van der Waals surface area contributed by atoms with E-state index >= 15 is 0 Å². The van der Waals surface area contributed by atoms with Crippen molar-refractivity contribution in [2.45, 2.75) is 19.9 Å². The van der Waals surface area contributed by atoms with Gasteiger partial charge >= 0.3 is 0 Å². The van der Waals surface area contributed by atoms with Gasteiger partial charge in [-0.2, -0.15) is 0 Å². The van der Waals surface area contributed by atoms with Crippen molar-refractivity contribution < 1.29 is 17.5 Å². The molecule has 0 radical (unpaired) electrons. The maximum atomic E-state index is 13.6. The lowest BCUT2D eigenvalue weighted by atomic mass is 10.2. The molecule has 4 nitrogen and oxygen atoms in total. The molecule has 0 aliphatic heterocycles. The highest BCUT2D eigenvalue weighted by Crippen LogP contribution is 2.18. The van der Waals surface area contributed by atoms with Crippen LogP contribution in [0.1, 0.15) is 18.9 Å². The standard InChI is InChI=1S/C13H20FNO3S/c1-3-19(16,17)8-4-7-18-13-6-5-11(10-15-2)9-12(13)14/h5-6,9,15H,3-4,7-8,10H2,1-2H3. The molecule has 0 fully saturated rings. The van der Waals surface area contributed by atoms with Crippen LogP contribution in [0.4, 0.5) is 4.39 Å². The Morgan fingerprint density at radius 2 is 2.11 bits per heavy atom. The van der Waals surface area contributed by atoms with Gasteiger partial charge in [-0.3, -0.25) is 0 Å². The second-order valence-electron chi connectivity index (χ2n) is 4.23. The Morgan fingerprint density at radius 3 is 2.68 bits per heavy atom. The number of hydrogen-bond donors (Lipinski definition) is 1. The third-order valence-electron chi connectivity index (χ3n) is 2.67. The molecule has 1 aromatic carbocycles. The van der Waals surface area contributed by atoms with E-state index in [9.17, 15) is 12.8 Å². The average Bonchev–Trinajstić information content (AvgIpc) is 2.37. The SMILES string of the molecule is CCS(=O)(=O)CCCOc1ccc(CNC)cc1F. The van der Waals surface area contributed by atoms with Crippen LogP contribution >= 0.6 is 0 Å². The van der Waals surface area contributed by atoms with Gasteiger partial charge in [-0.15, -0.1) is 0 Å². The molecule has 0 spiro atoms. The smallest absolute Gasteiger partial charge is 0.165 e. The van der Waals surface area contributed by atoms with Crippen LogP contribution in [0.2, 0.25) is 0 Å². The van der Waals surface area contributed by atoms with Gasteiger partial charge in [-0.05, 0) is 31.2 Å². The molecule has 0 unspecified atom stereocenters. The van der Waals surface area contributed by atoms with E-state index in [0.29, 0.717) is 13.0 Å². The molecule has 0 aliphatic rings. The molecule has 0 bridgehead atoms. The van der Waals surface area contributed by atoms with Gasteiger partial charge in [-0.1, -0.05) is 13.0 Å². The summed E-state index contributed by atoms with van der Waals surface area (Å²) < 4.78 is 41.4. The highest BCUT2D eigenvalue weighted by atomic mass is 32.2. The van der Waals surface area contributed by atoms with E-state index in [2.05, 4.69) is 5.32 Å². The van der Waals surface area contributed by atoms with Crippen molar-refractivity contribution in [3.8, 4) is 5.75 Å². The Labute approximate surface area is 113 Å². The number of benzene rings is 1. The fourth-order valence-corrected chi connectivity index (χ4v) is 2.43. The topological polar surface area (TPSA) is 55.4 Å². The summed E-state index contributed by atoms with van der Waals surface area (Å²) in [4.78, 5) is 0. The summed E-state index contributed by atoms with van der Waals surface area (Å²) >= 11 is 0. The van der Waals surface area contributed by atoms with Gasteiger partial charge in [-0.25, -0.2) is 12.8 Å². The minimum Gasteiger partial charge on any atom is -0.490 e. The Balaban J connectivity index is 2.46. The van der Waals surface area contributed by atoms with Crippen LogP contribution in [-0.2, 0) is 16.4 Å². The molecule has 108 valence electrons. The average molecular weight is 289 g/mol. The first-order chi connectivity index (χ1) is 8.98. The number of sulfone groups is 1. The number of rotatable bonds is 8. The first-order valence-corrected chi connectivity index (χ1v) is 8.07. The summed E-state index contributed by atoms with van der Waals surface area (Å²) in [5, 5.41) is 2.93. The molecular weight excluding hydrogens is 269 g/mol. The van der Waals surface area contributed by atoms with Gasteiger partial charge in [0.25, 0.3) is 0 Å². The van der Waals surface area contributed by atoms with Gasteiger partial charge in [0.15, 0.2) is 11.6 Å². The molecule has 0 saturated heterocycles. The monoisotopic (exact) mass is 289 g/mol. The number of ether oxygens (including phenoxy) is 1. The van der Waals surface area contributed by atoms with Gasteiger partial charge in [0.2, 0.25) is 0 Å². The van der Waals surface area contributed by atoms with Crippen molar-refractivity contribution in [2.75, 3.05) is 25.2 Å². The summed E-state index contributed by atoms with van der Waals surface area (Å²) in [7, 11) is -1.19. The lowest BCUT2D eigenvalue weighted by Crippen LogP contribution is -2.12. The quantitative estimate of drug-likeness (QED) is 0.741. The van der Waals surface area contributed by atoms with E-state index in [-0.39, 0.29) is 23.9 Å². The molecule has 0 atom stereocenters. The minimum absolute atomic E-state index is 0.0724. The lowest BCUT2D eigenvalue weighted by Gasteiger charge is -2.08.